The SMILES string of the molecule is Nc1ncc2c(-c3ccc4ncnn4c3)c[nH]c2n1. The highest BCUT2D eigenvalue weighted by Gasteiger charge is 2.09. The summed E-state index contributed by atoms with van der Waals surface area (Å²) in [5.74, 6) is 0.257. The molecule has 0 amide bonds. The van der Waals surface area contributed by atoms with Crippen molar-refractivity contribution in [1.29, 1.82) is 0 Å². The number of nitrogens with two attached hydrogens (primary N) is 1. The standard InChI is InChI=1S/C12H9N7/c13-12-15-4-9-8(3-14-11(9)18-12)7-1-2-10-16-6-17-19(10)5-7/h1-6H,(H3,13,14,15,18). The minimum atomic E-state index is 0.257. The number of aromatic nitrogens is 6. The molecule has 7 nitrogen and oxygen atoms in total. The molecule has 4 aromatic heterocycles. The van der Waals surface area contributed by atoms with Gasteiger partial charge in [0.2, 0.25) is 5.95 Å². The number of H-pyrrole nitrogens is 1. The fourth-order valence-corrected chi connectivity index (χ4v) is 2.14. The van der Waals surface area contributed by atoms with Gasteiger partial charge in [-0.15, -0.1) is 0 Å². The van der Waals surface area contributed by atoms with Gasteiger partial charge in [-0.2, -0.15) is 10.1 Å². The van der Waals surface area contributed by atoms with E-state index in [0.29, 0.717) is 0 Å². The van der Waals surface area contributed by atoms with Crippen LogP contribution in [-0.2, 0) is 0 Å². The van der Waals surface area contributed by atoms with E-state index in [1.807, 2.05) is 24.5 Å². The van der Waals surface area contributed by atoms with Gasteiger partial charge in [0.05, 0.1) is 0 Å². The first kappa shape index (κ1) is 10.0. The molecule has 0 aromatic carbocycles. The number of anilines is 1. The number of hydrogen-bond acceptors (Lipinski definition) is 5. The van der Waals surface area contributed by atoms with Gasteiger partial charge >= 0.3 is 0 Å². The molecule has 0 aliphatic rings. The summed E-state index contributed by atoms with van der Waals surface area (Å²) in [6, 6.07) is 3.91. The molecule has 0 aliphatic carbocycles. The van der Waals surface area contributed by atoms with Crippen LogP contribution in [-0.4, -0.2) is 29.5 Å². The summed E-state index contributed by atoms with van der Waals surface area (Å²) in [6.07, 6.45) is 7.05. The van der Waals surface area contributed by atoms with Gasteiger partial charge in [-0.3, -0.25) is 0 Å². The first-order valence-electron chi connectivity index (χ1n) is 5.70. The Morgan fingerprint density at radius 2 is 2.16 bits per heavy atom. The Kier molecular flexibility index (Phi) is 1.85. The maximum absolute atomic E-state index is 5.57. The number of nitrogens with one attached hydrogen (secondary N) is 1. The van der Waals surface area contributed by atoms with Crippen molar-refractivity contribution < 1.29 is 0 Å². The Balaban J connectivity index is 1.97. The third-order valence-electron chi connectivity index (χ3n) is 3.04. The van der Waals surface area contributed by atoms with Gasteiger partial charge in [0.25, 0.3) is 0 Å². The van der Waals surface area contributed by atoms with Crippen molar-refractivity contribution in [2.75, 3.05) is 5.73 Å². The van der Waals surface area contributed by atoms with E-state index in [1.165, 1.54) is 6.33 Å². The first-order chi connectivity index (χ1) is 9.31. The average Bonchev–Trinajstić information content (AvgIpc) is 3.02. The van der Waals surface area contributed by atoms with E-state index in [1.54, 1.807) is 10.7 Å². The van der Waals surface area contributed by atoms with E-state index in [2.05, 4.69) is 25.0 Å². The maximum atomic E-state index is 5.57. The molecule has 19 heavy (non-hydrogen) atoms. The number of fused-ring (bicyclic) bond motifs is 2. The van der Waals surface area contributed by atoms with E-state index in [4.69, 9.17) is 5.73 Å². The zero-order valence-electron chi connectivity index (χ0n) is 9.78. The molecule has 0 aliphatic heterocycles. The fraction of sp³-hybridized carbons (Fsp3) is 0. The van der Waals surface area contributed by atoms with Crippen LogP contribution in [0.15, 0.2) is 37.1 Å². The molecule has 7 heteroatoms. The van der Waals surface area contributed by atoms with Crippen molar-refractivity contribution >= 4 is 22.6 Å². The van der Waals surface area contributed by atoms with Gasteiger partial charge in [0.1, 0.15) is 12.0 Å². The van der Waals surface area contributed by atoms with Crippen molar-refractivity contribution in [2.45, 2.75) is 0 Å². The lowest BCUT2D eigenvalue weighted by atomic mass is 10.1. The van der Waals surface area contributed by atoms with Gasteiger partial charge in [0, 0.05) is 35.1 Å². The van der Waals surface area contributed by atoms with Crippen LogP contribution in [0.5, 0.6) is 0 Å². The molecule has 4 aromatic rings. The normalized spacial score (nSPS) is 11.4. The molecular weight excluding hydrogens is 242 g/mol. The predicted molar refractivity (Wildman–Crippen MR) is 70.3 cm³/mol. The molecule has 4 rings (SSSR count). The molecule has 0 radical (unpaired) electrons. The summed E-state index contributed by atoms with van der Waals surface area (Å²) in [4.78, 5) is 15.4. The van der Waals surface area contributed by atoms with Crippen molar-refractivity contribution in [1.82, 2.24) is 29.5 Å². The van der Waals surface area contributed by atoms with E-state index < -0.39 is 0 Å². The molecule has 3 N–H and O–H groups in total. The van der Waals surface area contributed by atoms with Gasteiger partial charge < -0.3 is 10.7 Å². The third-order valence-corrected chi connectivity index (χ3v) is 3.04. The van der Waals surface area contributed by atoms with Gasteiger partial charge in [-0.25, -0.2) is 14.5 Å². The van der Waals surface area contributed by atoms with Crippen LogP contribution in [0.4, 0.5) is 5.95 Å². The fourth-order valence-electron chi connectivity index (χ4n) is 2.14. The zero-order chi connectivity index (χ0) is 12.8. The summed E-state index contributed by atoms with van der Waals surface area (Å²) in [7, 11) is 0. The summed E-state index contributed by atoms with van der Waals surface area (Å²) >= 11 is 0. The average molecular weight is 251 g/mol. The molecule has 0 fully saturated rings. The Morgan fingerprint density at radius 1 is 1.21 bits per heavy atom. The van der Waals surface area contributed by atoms with Gasteiger partial charge in [0.15, 0.2) is 5.65 Å². The highest BCUT2D eigenvalue weighted by molar-refractivity contribution is 5.93. The minimum Gasteiger partial charge on any atom is -0.368 e. The number of aromatic amines is 1. The molecule has 0 spiro atoms. The molecular formula is C12H9N7. The number of nitrogens with zero attached hydrogens (tertiary/aromatic N) is 5. The lowest BCUT2D eigenvalue weighted by Crippen LogP contribution is -1.93. The Morgan fingerprint density at radius 3 is 3.11 bits per heavy atom. The molecule has 0 unspecified atom stereocenters. The molecule has 0 saturated heterocycles. The molecule has 0 bridgehead atoms. The highest BCUT2D eigenvalue weighted by Crippen LogP contribution is 2.27. The van der Waals surface area contributed by atoms with E-state index >= 15 is 0 Å². The van der Waals surface area contributed by atoms with Crippen molar-refractivity contribution in [3.8, 4) is 11.1 Å². The van der Waals surface area contributed by atoms with Crippen molar-refractivity contribution in [3.63, 3.8) is 0 Å². The summed E-state index contributed by atoms with van der Waals surface area (Å²) in [6.45, 7) is 0. The topological polar surface area (TPSA) is 97.8 Å². The Bertz CT molecular complexity index is 889. The Hall–Kier alpha value is -2.96. The second kappa shape index (κ2) is 3.52. The zero-order valence-corrected chi connectivity index (χ0v) is 9.78. The van der Waals surface area contributed by atoms with E-state index in [0.717, 1.165) is 27.8 Å². The van der Waals surface area contributed by atoms with Gasteiger partial charge in [-0.05, 0) is 12.1 Å². The lowest BCUT2D eigenvalue weighted by molar-refractivity contribution is 0.963. The second-order valence-corrected chi connectivity index (χ2v) is 4.17. The summed E-state index contributed by atoms with van der Waals surface area (Å²) < 4.78 is 1.73. The van der Waals surface area contributed by atoms with Crippen molar-refractivity contribution in [2.24, 2.45) is 0 Å². The number of nitrogen functional groups attached to an aromatic ring is 1. The van der Waals surface area contributed by atoms with Crippen LogP contribution < -0.4 is 5.73 Å². The summed E-state index contributed by atoms with van der Waals surface area (Å²) in [5, 5.41) is 5.05. The number of rotatable bonds is 1. The second-order valence-electron chi connectivity index (χ2n) is 4.17. The number of hydrogen-bond donors (Lipinski definition) is 2. The molecule has 0 saturated carbocycles. The maximum Gasteiger partial charge on any atom is 0.221 e. The summed E-state index contributed by atoms with van der Waals surface area (Å²) in [5.41, 5.74) is 9.12. The largest absolute Gasteiger partial charge is 0.368 e. The Labute approximate surface area is 107 Å². The smallest absolute Gasteiger partial charge is 0.221 e. The number of pyridine rings is 1. The first-order valence-corrected chi connectivity index (χ1v) is 5.70. The van der Waals surface area contributed by atoms with Crippen LogP contribution in [0.1, 0.15) is 0 Å². The quantitative estimate of drug-likeness (QED) is 0.530. The van der Waals surface area contributed by atoms with E-state index in [-0.39, 0.29) is 5.95 Å². The van der Waals surface area contributed by atoms with Gasteiger partial charge in [-0.1, -0.05) is 0 Å². The van der Waals surface area contributed by atoms with Crippen LogP contribution >= 0.6 is 0 Å². The van der Waals surface area contributed by atoms with Crippen LogP contribution in [0, 0.1) is 0 Å². The van der Waals surface area contributed by atoms with Crippen LogP contribution in [0.3, 0.4) is 0 Å². The molecule has 4 heterocycles. The van der Waals surface area contributed by atoms with E-state index in [9.17, 15) is 0 Å². The highest BCUT2D eigenvalue weighted by atomic mass is 15.3. The van der Waals surface area contributed by atoms with Crippen LogP contribution in [0.2, 0.25) is 0 Å². The monoisotopic (exact) mass is 251 g/mol. The molecule has 92 valence electrons. The van der Waals surface area contributed by atoms with Crippen molar-refractivity contribution in [3.05, 3.63) is 37.1 Å². The third kappa shape index (κ3) is 1.45. The minimum absolute atomic E-state index is 0.257. The van der Waals surface area contributed by atoms with Crippen LogP contribution in [0.25, 0.3) is 27.8 Å². The predicted octanol–water partition coefficient (Wildman–Crippen LogP) is 1.25. The molecule has 0 atom stereocenters. The lowest BCUT2D eigenvalue weighted by Gasteiger charge is -2.00.